The fourth-order valence-corrected chi connectivity index (χ4v) is 4.01. The normalized spacial score (nSPS) is 17.1. The van der Waals surface area contributed by atoms with Crippen molar-refractivity contribution in [2.45, 2.75) is 26.4 Å². The van der Waals surface area contributed by atoms with Crippen LogP contribution in [0.15, 0.2) is 78.6 Å². The van der Waals surface area contributed by atoms with E-state index >= 15 is 0 Å². The Balaban J connectivity index is 1.80. The summed E-state index contributed by atoms with van der Waals surface area (Å²) in [6.07, 6.45) is 3.27. The minimum absolute atomic E-state index is 0.0373. The number of hydrogen-bond donors (Lipinski definition) is 1. The van der Waals surface area contributed by atoms with Crippen LogP contribution >= 0.6 is 0 Å². The van der Waals surface area contributed by atoms with E-state index < -0.39 is 17.7 Å². The molecule has 1 saturated heterocycles. The molecule has 180 valence electrons. The average molecular weight is 473 g/mol. The molecule has 7 heteroatoms. The molecule has 0 aliphatic carbocycles. The maximum Gasteiger partial charge on any atom is 0.295 e. The number of ether oxygens (including phenoxy) is 2. The van der Waals surface area contributed by atoms with Crippen LogP contribution in [0.25, 0.3) is 5.76 Å². The van der Waals surface area contributed by atoms with Crippen molar-refractivity contribution in [1.82, 2.24) is 9.88 Å². The van der Waals surface area contributed by atoms with Crippen LogP contribution in [0.2, 0.25) is 0 Å². The lowest BCUT2D eigenvalue weighted by atomic mass is 9.95. The van der Waals surface area contributed by atoms with E-state index in [4.69, 9.17) is 9.47 Å². The van der Waals surface area contributed by atoms with E-state index in [0.717, 1.165) is 5.56 Å². The zero-order valence-corrected chi connectivity index (χ0v) is 20.0. The van der Waals surface area contributed by atoms with Crippen LogP contribution in [-0.4, -0.2) is 40.4 Å². The third-order valence-corrected chi connectivity index (χ3v) is 5.76. The van der Waals surface area contributed by atoms with Crippen molar-refractivity contribution >= 4 is 17.4 Å². The van der Waals surface area contributed by atoms with Gasteiger partial charge in [0.15, 0.2) is 0 Å². The Morgan fingerprint density at radius 1 is 1.03 bits per heavy atom. The highest BCUT2D eigenvalue weighted by Gasteiger charge is 2.46. The third-order valence-electron chi connectivity index (χ3n) is 5.76. The molecule has 0 radical (unpaired) electrons. The van der Waals surface area contributed by atoms with Gasteiger partial charge in [-0.3, -0.25) is 14.6 Å². The third kappa shape index (κ3) is 5.19. The Labute approximate surface area is 204 Å². The lowest BCUT2D eigenvalue weighted by Gasteiger charge is -2.25. The average Bonchev–Trinajstić information content (AvgIpc) is 3.12. The fourth-order valence-electron chi connectivity index (χ4n) is 4.01. The van der Waals surface area contributed by atoms with Crippen LogP contribution in [0.3, 0.4) is 0 Å². The van der Waals surface area contributed by atoms with E-state index in [1.165, 1.54) is 4.90 Å². The number of rotatable bonds is 8. The number of aromatic nitrogens is 1. The summed E-state index contributed by atoms with van der Waals surface area (Å²) in [5, 5.41) is 11.3. The van der Waals surface area contributed by atoms with Gasteiger partial charge in [-0.25, -0.2) is 0 Å². The molecule has 1 atom stereocenters. The largest absolute Gasteiger partial charge is 0.507 e. The van der Waals surface area contributed by atoms with Gasteiger partial charge in [-0.15, -0.1) is 0 Å². The van der Waals surface area contributed by atoms with Gasteiger partial charge in [0.1, 0.15) is 17.3 Å². The first-order chi connectivity index (χ1) is 16.9. The number of pyridine rings is 1. The Hall–Kier alpha value is -4.13. The van der Waals surface area contributed by atoms with Crippen molar-refractivity contribution in [3.8, 4) is 11.5 Å². The van der Waals surface area contributed by atoms with Gasteiger partial charge in [0.05, 0.1) is 25.3 Å². The van der Waals surface area contributed by atoms with Crippen molar-refractivity contribution in [2.24, 2.45) is 5.92 Å². The summed E-state index contributed by atoms with van der Waals surface area (Å²) in [4.78, 5) is 31.9. The predicted octanol–water partition coefficient (Wildman–Crippen LogP) is 4.75. The van der Waals surface area contributed by atoms with Crippen LogP contribution in [-0.2, 0) is 16.1 Å². The number of hydrogen-bond acceptors (Lipinski definition) is 6. The van der Waals surface area contributed by atoms with E-state index in [0.29, 0.717) is 35.2 Å². The molecule has 1 amide bonds. The molecule has 1 fully saturated rings. The quantitative estimate of drug-likeness (QED) is 0.289. The maximum absolute atomic E-state index is 13.3. The number of Topliss-reactive ketones (excluding diaryl/α,β-unsaturated/α-hetero) is 1. The smallest absolute Gasteiger partial charge is 0.295 e. The minimum Gasteiger partial charge on any atom is -0.507 e. The second-order valence-electron chi connectivity index (χ2n) is 8.79. The van der Waals surface area contributed by atoms with E-state index in [1.54, 1.807) is 80.2 Å². The Morgan fingerprint density at radius 3 is 2.40 bits per heavy atom. The van der Waals surface area contributed by atoms with Crippen LogP contribution in [0.1, 0.15) is 36.6 Å². The number of likely N-dealkylation sites (tertiary alicyclic amines) is 1. The molecule has 1 aromatic heterocycles. The summed E-state index contributed by atoms with van der Waals surface area (Å²) in [5.74, 6) is -0.0795. The highest BCUT2D eigenvalue weighted by Crippen LogP contribution is 2.41. The molecular weight excluding hydrogens is 444 g/mol. The summed E-state index contributed by atoms with van der Waals surface area (Å²) in [7, 11) is 1.57. The first kappa shape index (κ1) is 24.0. The lowest BCUT2D eigenvalue weighted by Crippen LogP contribution is -2.29. The van der Waals surface area contributed by atoms with Gasteiger partial charge in [-0.1, -0.05) is 38.1 Å². The fraction of sp³-hybridized carbons (Fsp3) is 0.250. The van der Waals surface area contributed by atoms with Crippen LogP contribution in [0.4, 0.5) is 0 Å². The first-order valence-electron chi connectivity index (χ1n) is 11.4. The van der Waals surface area contributed by atoms with Gasteiger partial charge < -0.3 is 19.5 Å². The molecule has 2 heterocycles. The molecule has 35 heavy (non-hydrogen) atoms. The van der Waals surface area contributed by atoms with E-state index in [9.17, 15) is 14.7 Å². The number of amides is 1. The molecule has 4 rings (SSSR count). The van der Waals surface area contributed by atoms with E-state index in [1.807, 2.05) is 13.8 Å². The second kappa shape index (κ2) is 10.4. The molecule has 7 nitrogen and oxygen atoms in total. The molecule has 2 aromatic carbocycles. The van der Waals surface area contributed by atoms with Crippen molar-refractivity contribution < 1.29 is 24.2 Å². The highest BCUT2D eigenvalue weighted by atomic mass is 16.5. The lowest BCUT2D eigenvalue weighted by molar-refractivity contribution is -0.140. The maximum atomic E-state index is 13.3. The van der Waals surface area contributed by atoms with Gasteiger partial charge in [-0.05, 0) is 53.4 Å². The van der Waals surface area contributed by atoms with Gasteiger partial charge in [-0.2, -0.15) is 0 Å². The van der Waals surface area contributed by atoms with Gasteiger partial charge in [0.2, 0.25) is 0 Å². The SMILES string of the molecule is COc1ccc(C2/C(=C(/O)c3cccc(OCC(C)C)c3)C(=O)C(=O)N2Cc2ccncc2)cc1. The van der Waals surface area contributed by atoms with Crippen molar-refractivity contribution in [2.75, 3.05) is 13.7 Å². The predicted molar refractivity (Wildman–Crippen MR) is 132 cm³/mol. The van der Waals surface area contributed by atoms with E-state index in [2.05, 4.69) is 4.98 Å². The number of carbonyl (C=O) groups is 2. The molecule has 0 saturated carbocycles. The molecule has 1 N–H and O–H groups in total. The van der Waals surface area contributed by atoms with E-state index in [-0.39, 0.29) is 17.9 Å². The Bertz CT molecular complexity index is 1240. The number of aliphatic hydroxyl groups excluding tert-OH is 1. The first-order valence-corrected chi connectivity index (χ1v) is 11.4. The van der Waals surface area contributed by atoms with Crippen molar-refractivity contribution in [1.29, 1.82) is 0 Å². The minimum atomic E-state index is -0.769. The molecule has 1 aliphatic rings. The summed E-state index contributed by atoms with van der Waals surface area (Å²) < 4.78 is 11.1. The van der Waals surface area contributed by atoms with Crippen LogP contribution in [0.5, 0.6) is 11.5 Å². The van der Waals surface area contributed by atoms with Gasteiger partial charge in [0.25, 0.3) is 11.7 Å². The van der Waals surface area contributed by atoms with Crippen molar-refractivity contribution in [3.05, 3.63) is 95.3 Å². The molecule has 0 bridgehead atoms. The topological polar surface area (TPSA) is 89.0 Å². The van der Waals surface area contributed by atoms with Crippen LogP contribution < -0.4 is 9.47 Å². The number of methoxy groups -OCH3 is 1. The Kier molecular flexibility index (Phi) is 7.15. The molecular formula is C28H28N2O5. The number of benzene rings is 2. The number of nitrogens with zero attached hydrogens (tertiary/aromatic N) is 2. The standard InChI is InChI=1S/C28H28N2O5/c1-18(2)17-35-23-6-4-5-21(15-23)26(31)24-25(20-7-9-22(34-3)10-8-20)30(28(33)27(24)32)16-19-11-13-29-14-12-19/h4-15,18,25,31H,16-17H2,1-3H3/b26-24-. The Morgan fingerprint density at radius 2 is 1.74 bits per heavy atom. The van der Waals surface area contributed by atoms with Gasteiger partial charge >= 0.3 is 0 Å². The molecule has 3 aromatic rings. The summed E-state index contributed by atoms with van der Waals surface area (Å²) >= 11 is 0. The number of carbonyl (C=O) groups excluding carboxylic acids is 2. The zero-order valence-electron chi connectivity index (χ0n) is 20.0. The second-order valence-corrected chi connectivity index (χ2v) is 8.79. The summed E-state index contributed by atoms with van der Waals surface area (Å²) in [6.45, 7) is 4.80. The van der Waals surface area contributed by atoms with Gasteiger partial charge in [0, 0.05) is 24.5 Å². The number of ketones is 1. The summed E-state index contributed by atoms with van der Waals surface area (Å²) in [6, 6.07) is 16.9. The number of aliphatic hydroxyl groups is 1. The van der Waals surface area contributed by atoms with Crippen molar-refractivity contribution in [3.63, 3.8) is 0 Å². The highest BCUT2D eigenvalue weighted by molar-refractivity contribution is 6.46. The monoisotopic (exact) mass is 472 g/mol. The summed E-state index contributed by atoms with van der Waals surface area (Å²) in [5.41, 5.74) is 1.96. The molecule has 1 unspecified atom stereocenters. The molecule has 1 aliphatic heterocycles. The van der Waals surface area contributed by atoms with Crippen LogP contribution in [0, 0.1) is 5.92 Å². The zero-order chi connectivity index (χ0) is 24.9. The molecule has 0 spiro atoms.